The van der Waals surface area contributed by atoms with Gasteiger partial charge in [-0.15, -0.1) is 0 Å². The molecule has 0 fully saturated rings. The summed E-state index contributed by atoms with van der Waals surface area (Å²) in [6.07, 6.45) is 1.19. The highest BCUT2D eigenvalue weighted by Crippen LogP contribution is 2.33. The summed E-state index contributed by atoms with van der Waals surface area (Å²) in [6, 6.07) is 0. The van der Waals surface area contributed by atoms with Crippen LogP contribution in [0, 0.1) is 11.3 Å². The largest absolute Gasteiger partial charge is 0.0744 e. The molecule has 72 valence electrons. The minimum atomic E-state index is 0.403. The molecule has 0 heteroatoms. The van der Waals surface area contributed by atoms with E-state index in [1.807, 2.05) is 0 Å². The first-order chi connectivity index (χ1) is 5.30. The Morgan fingerprint density at radius 3 is 1.83 bits per heavy atom. The van der Waals surface area contributed by atoms with Gasteiger partial charge in [-0.2, -0.15) is 0 Å². The van der Waals surface area contributed by atoms with Crippen LogP contribution in [0.15, 0.2) is 11.1 Å². The molecule has 0 heterocycles. The quantitative estimate of drug-likeness (QED) is 0.536. The Labute approximate surface area is 78.1 Å². The van der Waals surface area contributed by atoms with Crippen LogP contribution in [0.1, 0.15) is 54.9 Å². The Bertz CT molecular complexity index is 167. The van der Waals surface area contributed by atoms with Gasteiger partial charge < -0.3 is 0 Å². The van der Waals surface area contributed by atoms with Crippen molar-refractivity contribution in [2.24, 2.45) is 11.3 Å². The minimum Gasteiger partial charge on any atom is -0.0744 e. The lowest BCUT2D eigenvalue weighted by Crippen LogP contribution is -2.18. The van der Waals surface area contributed by atoms with Crippen LogP contribution >= 0.6 is 0 Å². The summed E-state index contributed by atoms with van der Waals surface area (Å²) in [4.78, 5) is 0. The van der Waals surface area contributed by atoms with Crippen LogP contribution < -0.4 is 0 Å². The van der Waals surface area contributed by atoms with E-state index in [2.05, 4.69) is 48.5 Å². The first-order valence-corrected chi connectivity index (χ1v) is 4.97. The second-order valence-electron chi connectivity index (χ2n) is 4.90. The van der Waals surface area contributed by atoms with Gasteiger partial charge in [0.1, 0.15) is 0 Å². The van der Waals surface area contributed by atoms with Gasteiger partial charge in [0.2, 0.25) is 0 Å². The van der Waals surface area contributed by atoms with Crippen LogP contribution in [0.25, 0.3) is 0 Å². The molecule has 0 nitrogen and oxygen atoms in total. The summed E-state index contributed by atoms with van der Waals surface area (Å²) in [6.45, 7) is 16.0. The number of rotatable bonds is 2. The van der Waals surface area contributed by atoms with Crippen molar-refractivity contribution < 1.29 is 0 Å². The molecule has 12 heavy (non-hydrogen) atoms. The molecule has 0 rings (SSSR count). The summed E-state index contributed by atoms with van der Waals surface area (Å²) in [7, 11) is 0. The maximum Gasteiger partial charge on any atom is -0.0183 e. The van der Waals surface area contributed by atoms with E-state index in [1.165, 1.54) is 6.42 Å². The number of allylic oxidation sites excluding steroid dienone is 2. The third-order valence-corrected chi connectivity index (χ3v) is 3.15. The van der Waals surface area contributed by atoms with Gasteiger partial charge in [-0.3, -0.25) is 0 Å². The van der Waals surface area contributed by atoms with E-state index in [1.54, 1.807) is 11.1 Å². The molecule has 0 aromatic rings. The molecule has 0 aliphatic heterocycles. The molecule has 0 aliphatic rings. The van der Waals surface area contributed by atoms with Gasteiger partial charge in [0.05, 0.1) is 0 Å². The fraction of sp³-hybridized carbons (Fsp3) is 0.833. The monoisotopic (exact) mass is 168 g/mol. The molecule has 1 atom stereocenters. The Kier molecular flexibility index (Phi) is 4.02. The van der Waals surface area contributed by atoms with Crippen molar-refractivity contribution in [3.8, 4) is 0 Å². The molecule has 0 N–H and O–H groups in total. The number of hydrogen-bond acceptors (Lipinski definition) is 0. The summed E-state index contributed by atoms with van der Waals surface area (Å²) < 4.78 is 0. The van der Waals surface area contributed by atoms with Gasteiger partial charge in [0, 0.05) is 0 Å². The second-order valence-corrected chi connectivity index (χ2v) is 4.90. The fourth-order valence-electron chi connectivity index (χ4n) is 1.30. The molecule has 0 radical (unpaired) electrons. The van der Waals surface area contributed by atoms with E-state index in [4.69, 9.17) is 0 Å². The zero-order chi connectivity index (χ0) is 9.94. The topological polar surface area (TPSA) is 0 Å². The molecule has 0 aliphatic carbocycles. The third-order valence-electron chi connectivity index (χ3n) is 3.15. The molecule has 0 amide bonds. The maximum absolute atomic E-state index is 2.33. The van der Waals surface area contributed by atoms with Crippen molar-refractivity contribution in [3.05, 3.63) is 11.1 Å². The first-order valence-electron chi connectivity index (χ1n) is 4.97. The molecule has 0 aromatic carbocycles. The normalized spacial score (nSPS) is 17.2. The average Bonchev–Trinajstić information content (AvgIpc) is 1.98. The van der Waals surface area contributed by atoms with Crippen molar-refractivity contribution >= 4 is 0 Å². The highest BCUT2D eigenvalue weighted by atomic mass is 14.3. The van der Waals surface area contributed by atoms with Gasteiger partial charge in [0.15, 0.2) is 0 Å². The van der Waals surface area contributed by atoms with Crippen LogP contribution in [0.2, 0.25) is 0 Å². The Hall–Kier alpha value is -0.260. The van der Waals surface area contributed by atoms with Crippen molar-refractivity contribution in [2.75, 3.05) is 0 Å². The Morgan fingerprint density at radius 2 is 1.58 bits per heavy atom. The van der Waals surface area contributed by atoms with Gasteiger partial charge in [-0.25, -0.2) is 0 Å². The molecular weight excluding hydrogens is 144 g/mol. The summed E-state index contributed by atoms with van der Waals surface area (Å²) in [5, 5.41) is 0. The van der Waals surface area contributed by atoms with Gasteiger partial charge in [-0.1, -0.05) is 45.8 Å². The lowest BCUT2D eigenvalue weighted by molar-refractivity contribution is 0.298. The van der Waals surface area contributed by atoms with E-state index in [9.17, 15) is 0 Å². The summed E-state index contributed by atoms with van der Waals surface area (Å²) in [5.74, 6) is 0.692. The van der Waals surface area contributed by atoms with Gasteiger partial charge in [-0.05, 0) is 31.6 Å². The Balaban J connectivity index is 4.60. The van der Waals surface area contributed by atoms with Gasteiger partial charge in [0.25, 0.3) is 0 Å². The first kappa shape index (κ1) is 11.7. The average molecular weight is 168 g/mol. The van der Waals surface area contributed by atoms with Gasteiger partial charge >= 0.3 is 0 Å². The predicted molar refractivity (Wildman–Crippen MR) is 57.3 cm³/mol. The standard InChI is InChI=1S/C12H24/c1-8-9(2)10(3)11(4)12(5,6)7/h11H,8H2,1-7H3/b10-9-. The van der Waals surface area contributed by atoms with E-state index < -0.39 is 0 Å². The van der Waals surface area contributed by atoms with E-state index in [0.717, 1.165) is 0 Å². The molecule has 0 aromatic heterocycles. The van der Waals surface area contributed by atoms with Crippen molar-refractivity contribution in [2.45, 2.75) is 54.9 Å². The summed E-state index contributed by atoms with van der Waals surface area (Å²) >= 11 is 0. The van der Waals surface area contributed by atoms with Crippen LogP contribution in [-0.4, -0.2) is 0 Å². The van der Waals surface area contributed by atoms with Crippen LogP contribution in [-0.2, 0) is 0 Å². The van der Waals surface area contributed by atoms with Crippen molar-refractivity contribution in [1.82, 2.24) is 0 Å². The SMILES string of the molecule is CC/C(C)=C(/C)C(C)C(C)(C)C. The van der Waals surface area contributed by atoms with Crippen LogP contribution in [0.3, 0.4) is 0 Å². The molecule has 1 unspecified atom stereocenters. The van der Waals surface area contributed by atoms with Crippen LogP contribution in [0.5, 0.6) is 0 Å². The zero-order valence-corrected chi connectivity index (χ0v) is 9.78. The molecule has 0 saturated heterocycles. The molecule has 0 spiro atoms. The second kappa shape index (κ2) is 4.11. The molecule has 0 saturated carbocycles. The molecular formula is C12H24. The Morgan fingerprint density at radius 1 is 1.17 bits per heavy atom. The highest BCUT2D eigenvalue weighted by Gasteiger charge is 2.21. The van der Waals surface area contributed by atoms with Crippen LogP contribution in [0.4, 0.5) is 0 Å². The zero-order valence-electron chi connectivity index (χ0n) is 9.78. The maximum atomic E-state index is 2.33. The summed E-state index contributed by atoms with van der Waals surface area (Å²) in [5.41, 5.74) is 3.53. The third kappa shape index (κ3) is 3.00. The smallest absolute Gasteiger partial charge is 0.0183 e. The number of hydrogen-bond donors (Lipinski definition) is 0. The lowest BCUT2D eigenvalue weighted by atomic mass is 9.76. The van der Waals surface area contributed by atoms with E-state index in [-0.39, 0.29) is 0 Å². The van der Waals surface area contributed by atoms with E-state index >= 15 is 0 Å². The lowest BCUT2D eigenvalue weighted by Gasteiger charge is -2.29. The fourth-order valence-corrected chi connectivity index (χ4v) is 1.30. The molecule has 0 bridgehead atoms. The highest BCUT2D eigenvalue weighted by molar-refractivity contribution is 5.13. The van der Waals surface area contributed by atoms with E-state index in [0.29, 0.717) is 11.3 Å². The predicted octanol–water partition coefficient (Wildman–Crippen LogP) is 4.42. The van der Waals surface area contributed by atoms with Crippen molar-refractivity contribution in [3.63, 3.8) is 0 Å². The van der Waals surface area contributed by atoms with Crippen molar-refractivity contribution in [1.29, 1.82) is 0 Å². The minimum absolute atomic E-state index is 0.403.